The molecule has 1 aromatic carbocycles. The van der Waals surface area contributed by atoms with Crippen LogP contribution in [0.3, 0.4) is 0 Å². The standard InChI is InChI=1S/C19H17FN2O2SSi/c1-26(2,3)10-8-12-6-7-15(14(20)11-12)22-18-16(19(23)24)13-5-4-9-21-17(13)25-18/h4-7,9,11,22H,1-3H3,(H,23,24). The van der Waals surface area contributed by atoms with E-state index in [0.29, 0.717) is 20.8 Å². The zero-order valence-corrected chi connectivity index (χ0v) is 16.4. The fraction of sp³-hybridized carbons (Fsp3) is 0.158. The first-order chi connectivity index (χ1) is 12.2. The molecule has 3 aromatic rings. The number of fused-ring (bicyclic) bond motifs is 1. The van der Waals surface area contributed by atoms with Crippen molar-refractivity contribution >= 4 is 46.3 Å². The van der Waals surface area contributed by atoms with Crippen LogP contribution in [0.15, 0.2) is 36.5 Å². The predicted octanol–water partition coefficient (Wildman–Crippen LogP) is 5.11. The predicted molar refractivity (Wildman–Crippen MR) is 106 cm³/mol. The van der Waals surface area contributed by atoms with E-state index in [-0.39, 0.29) is 11.3 Å². The second-order valence-corrected chi connectivity index (χ2v) is 12.5. The van der Waals surface area contributed by atoms with Gasteiger partial charge >= 0.3 is 5.97 Å². The maximum absolute atomic E-state index is 14.5. The topological polar surface area (TPSA) is 62.2 Å². The Morgan fingerprint density at radius 3 is 2.73 bits per heavy atom. The molecular formula is C19H17FN2O2SSi. The van der Waals surface area contributed by atoms with Crippen molar-refractivity contribution in [2.24, 2.45) is 0 Å². The fourth-order valence-electron chi connectivity index (χ4n) is 2.31. The van der Waals surface area contributed by atoms with Gasteiger partial charge in [-0.3, -0.25) is 0 Å². The van der Waals surface area contributed by atoms with Gasteiger partial charge in [0, 0.05) is 17.1 Å². The van der Waals surface area contributed by atoms with Crippen LogP contribution in [0.5, 0.6) is 0 Å². The average molecular weight is 385 g/mol. The summed E-state index contributed by atoms with van der Waals surface area (Å²) in [5.41, 5.74) is 4.10. The van der Waals surface area contributed by atoms with Crippen molar-refractivity contribution in [3.63, 3.8) is 0 Å². The van der Waals surface area contributed by atoms with E-state index >= 15 is 0 Å². The number of halogens is 1. The highest BCUT2D eigenvalue weighted by atomic mass is 32.1. The molecule has 132 valence electrons. The first-order valence-electron chi connectivity index (χ1n) is 7.95. The van der Waals surface area contributed by atoms with Crippen molar-refractivity contribution in [1.29, 1.82) is 0 Å². The van der Waals surface area contributed by atoms with Crippen LogP contribution in [0.1, 0.15) is 15.9 Å². The molecule has 0 aliphatic carbocycles. The molecule has 0 saturated heterocycles. The number of thiophene rings is 1. The number of carboxylic acid groups (broad SMARTS) is 1. The summed E-state index contributed by atoms with van der Waals surface area (Å²) < 4.78 is 14.5. The van der Waals surface area contributed by atoms with Crippen LogP contribution in [0.25, 0.3) is 10.2 Å². The van der Waals surface area contributed by atoms with E-state index in [1.807, 2.05) is 0 Å². The first-order valence-corrected chi connectivity index (χ1v) is 12.3. The highest BCUT2D eigenvalue weighted by Gasteiger charge is 2.20. The molecule has 2 N–H and O–H groups in total. The van der Waals surface area contributed by atoms with Gasteiger partial charge < -0.3 is 10.4 Å². The van der Waals surface area contributed by atoms with Gasteiger partial charge in [-0.1, -0.05) is 36.9 Å². The summed E-state index contributed by atoms with van der Waals surface area (Å²) in [7, 11) is -1.54. The van der Waals surface area contributed by atoms with Gasteiger partial charge in [0.15, 0.2) is 0 Å². The summed E-state index contributed by atoms with van der Waals surface area (Å²) in [6.45, 7) is 6.36. The third-order valence-electron chi connectivity index (χ3n) is 3.48. The molecule has 0 spiro atoms. The lowest BCUT2D eigenvalue weighted by Crippen LogP contribution is -2.16. The number of hydrogen-bond acceptors (Lipinski definition) is 4. The van der Waals surface area contributed by atoms with Crippen LogP contribution in [0, 0.1) is 17.3 Å². The van der Waals surface area contributed by atoms with Gasteiger partial charge in [0.1, 0.15) is 29.3 Å². The van der Waals surface area contributed by atoms with Crippen molar-refractivity contribution in [1.82, 2.24) is 4.98 Å². The lowest BCUT2D eigenvalue weighted by Gasteiger charge is -2.07. The van der Waals surface area contributed by atoms with Crippen molar-refractivity contribution in [2.45, 2.75) is 19.6 Å². The molecule has 0 aliphatic rings. The number of aromatic nitrogens is 1. The number of carbonyl (C=O) groups is 1. The van der Waals surface area contributed by atoms with E-state index in [0.717, 1.165) is 0 Å². The lowest BCUT2D eigenvalue weighted by molar-refractivity contribution is 0.0700. The summed E-state index contributed by atoms with van der Waals surface area (Å²) in [4.78, 5) is 16.4. The van der Waals surface area contributed by atoms with E-state index in [9.17, 15) is 14.3 Å². The van der Waals surface area contributed by atoms with Crippen molar-refractivity contribution in [3.8, 4) is 11.5 Å². The third-order valence-corrected chi connectivity index (χ3v) is 5.38. The molecule has 0 saturated carbocycles. The lowest BCUT2D eigenvalue weighted by atomic mass is 10.2. The molecular weight excluding hydrogens is 367 g/mol. The normalized spacial score (nSPS) is 11.1. The Bertz CT molecular complexity index is 1060. The van der Waals surface area contributed by atoms with Crippen LogP contribution < -0.4 is 5.32 Å². The summed E-state index contributed by atoms with van der Waals surface area (Å²) in [5.74, 6) is 1.45. The quantitative estimate of drug-likeness (QED) is 0.487. The number of aromatic carboxylic acids is 1. The van der Waals surface area contributed by atoms with Gasteiger partial charge in [0.25, 0.3) is 0 Å². The molecule has 7 heteroatoms. The Balaban J connectivity index is 1.97. The average Bonchev–Trinajstić information content (AvgIpc) is 2.92. The molecule has 0 bridgehead atoms. The molecule has 0 fully saturated rings. The monoisotopic (exact) mass is 384 g/mol. The summed E-state index contributed by atoms with van der Waals surface area (Å²) in [6, 6.07) is 8.04. The zero-order valence-electron chi connectivity index (χ0n) is 14.6. The maximum atomic E-state index is 14.5. The largest absolute Gasteiger partial charge is 0.478 e. The summed E-state index contributed by atoms with van der Waals surface area (Å²) in [5, 5.41) is 13.3. The number of nitrogens with zero attached hydrogens (tertiary/aromatic N) is 1. The molecule has 2 heterocycles. The fourth-order valence-corrected chi connectivity index (χ4v) is 3.88. The Morgan fingerprint density at radius 2 is 2.08 bits per heavy atom. The Hall–Kier alpha value is -2.69. The van der Waals surface area contributed by atoms with E-state index in [1.165, 1.54) is 17.4 Å². The van der Waals surface area contributed by atoms with E-state index in [2.05, 4.69) is 41.4 Å². The highest BCUT2D eigenvalue weighted by Crippen LogP contribution is 2.36. The van der Waals surface area contributed by atoms with Crippen LogP contribution >= 0.6 is 11.3 Å². The number of pyridine rings is 1. The van der Waals surface area contributed by atoms with E-state index in [4.69, 9.17) is 0 Å². The van der Waals surface area contributed by atoms with Gasteiger partial charge in [0.2, 0.25) is 0 Å². The van der Waals surface area contributed by atoms with Gasteiger partial charge in [-0.15, -0.1) is 5.54 Å². The minimum atomic E-state index is -1.54. The first kappa shape index (κ1) is 18.1. The van der Waals surface area contributed by atoms with Crippen molar-refractivity contribution in [3.05, 3.63) is 53.5 Å². The van der Waals surface area contributed by atoms with Crippen LogP contribution in [-0.4, -0.2) is 24.1 Å². The number of anilines is 2. The van der Waals surface area contributed by atoms with E-state index in [1.54, 1.807) is 30.5 Å². The molecule has 2 aromatic heterocycles. The Morgan fingerprint density at radius 1 is 1.31 bits per heavy atom. The molecule has 3 rings (SSSR count). The molecule has 0 aliphatic heterocycles. The number of carboxylic acids is 1. The SMILES string of the molecule is C[Si](C)(C)C#Cc1ccc(Nc2sc3ncccc3c2C(=O)O)c(F)c1. The van der Waals surface area contributed by atoms with E-state index < -0.39 is 19.9 Å². The second kappa shape index (κ2) is 6.90. The third kappa shape index (κ3) is 3.93. The maximum Gasteiger partial charge on any atom is 0.339 e. The van der Waals surface area contributed by atoms with Crippen LogP contribution in [0.4, 0.5) is 15.1 Å². The number of hydrogen-bond donors (Lipinski definition) is 2. The Labute approximate surface area is 155 Å². The van der Waals surface area contributed by atoms with Gasteiger partial charge in [-0.25, -0.2) is 14.2 Å². The number of rotatable bonds is 3. The second-order valence-electron chi connectivity index (χ2n) is 6.79. The van der Waals surface area contributed by atoms with Gasteiger partial charge in [-0.2, -0.15) is 0 Å². The van der Waals surface area contributed by atoms with Crippen LogP contribution in [-0.2, 0) is 0 Å². The van der Waals surface area contributed by atoms with Gasteiger partial charge in [-0.05, 0) is 30.3 Å². The van der Waals surface area contributed by atoms with Gasteiger partial charge in [0.05, 0.1) is 5.69 Å². The molecule has 0 atom stereocenters. The molecule has 0 radical (unpaired) electrons. The zero-order chi connectivity index (χ0) is 18.9. The molecule has 4 nitrogen and oxygen atoms in total. The highest BCUT2D eigenvalue weighted by molar-refractivity contribution is 7.23. The van der Waals surface area contributed by atoms with Crippen LogP contribution in [0.2, 0.25) is 19.6 Å². The minimum absolute atomic E-state index is 0.0973. The minimum Gasteiger partial charge on any atom is -0.478 e. The molecule has 0 unspecified atom stereocenters. The summed E-state index contributed by atoms with van der Waals surface area (Å²) in [6.07, 6.45) is 1.60. The number of nitrogens with one attached hydrogen (secondary N) is 1. The smallest absolute Gasteiger partial charge is 0.339 e. The Kier molecular flexibility index (Phi) is 4.81. The van der Waals surface area contributed by atoms with Crippen molar-refractivity contribution < 1.29 is 14.3 Å². The molecule has 0 amide bonds. The molecule has 26 heavy (non-hydrogen) atoms. The summed E-state index contributed by atoms with van der Waals surface area (Å²) >= 11 is 1.18. The number of benzene rings is 1. The van der Waals surface area contributed by atoms with Crippen molar-refractivity contribution in [2.75, 3.05) is 5.32 Å².